The molecule has 0 amide bonds. The van der Waals surface area contributed by atoms with Crippen molar-refractivity contribution in [3.8, 4) is 6.07 Å². The number of nitrogens with zero attached hydrogens (tertiary/aromatic N) is 1. The molecule has 3 nitrogen and oxygen atoms in total. The van der Waals surface area contributed by atoms with Gasteiger partial charge >= 0.3 is 0 Å². The number of rotatable bonds is 21. The summed E-state index contributed by atoms with van der Waals surface area (Å²) >= 11 is 0. The van der Waals surface area contributed by atoms with Crippen LogP contribution in [0.5, 0.6) is 0 Å². The zero-order valence-electron chi connectivity index (χ0n) is 22.9. The Bertz CT molecular complexity index is 836. The molecule has 0 N–H and O–H groups in total. The minimum atomic E-state index is -3.73. The van der Waals surface area contributed by atoms with Gasteiger partial charge in [-0.2, -0.15) is 5.26 Å². The fourth-order valence-electron chi connectivity index (χ4n) is 4.66. The smallest absolute Gasteiger partial charge is 0.197 e. The number of nitriles is 1. The van der Waals surface area contributed by atoms with E-state index < -0.39 is 14.6 Å². The molecular formula is C31H51NO2S. The topological polar surface area (TPSA) is 57.9 Å². The van der Waals surface area contributed by atoms with Crippen molar-refractivity contribution in [3.05, 3.63) is 42.0 Å². The van der Waals surface area contributed by atoms with Crippen molar-refractivity contribution >= 4 is 9.84 Å². The van der Waals surface area contributed by atoms with Crippen molar-refractivity contribution in [1.82, 2.24) is 0 Å². The fraction of sp³-hybridized carbons (Fsp3) is 0.710. The first kappa shape index (κ1) is 31.4. The maximum Gasteiger partial charge on any atom is 0.197 e. The molecule has 1 atom stereocenters. The van der Waals surface area contributed by atoms with Gasteiger partial charge in [0.15, 0.2) is 14.6 Å². The van der Waals surface area contributed by atoms with E-state index in [4.69, 9.17) is 0 Å². The molecule has 0 saturated heterocycles. The normalized spacial score (nSPS) is 13.7. The lowest BCUT2D eigenvalue weighted by molar-refractivity contribution is 0.479. The minimum Gasteiger partial charge on any atom is -0.222 e. The van der Waals surface area contributed by atoms with Crippen LogP contribution in [0.2, 0.25) is 0 Å². The molecule has 0 aliphatic heterocycles. The average Bonchev–Trinajstić information content (AvgIpc) is 2.85. The molecule has 1 unspecified atom stereocenters. The second kappa shape index (κ2) is 18.6. The van der Waals surface area contributed by atoms with E-state index in [2.05, 4.69) is 32.1 Å². The van der Waals surface area contributed by atoms with Crippen LogP contribution in [0, 0.1) is 18.3 Å². The lowest BCUT2D eigenvalue weighted by atomic mass is 9.95. The molecule has 1 aromatic carbocycles. The summed E-state index contributed by atoms with van der Waals surface area (Å²) in [6.45, 7) is 6.40. The Balaban J connectivity index is 2.70. The number of unbranched alkanes of at least 4 members (excludes halogenated alkanes) is 13. The largest absolute Gasteiger partial charge is 0.222 e. The van der Waals surface area contributed by atoms with Gasteiger partial charge < -0.3 is 0 Å². The third-order valence-corrected chi connectivity index (χ3v) is 9.50. The molecule has 198 valence electrons. The Hall–Kier alpha value is -1.60. The lowest BCUT2D eigenvalue weighted by Gasteiger charge is -2.27. The van der Waals surface area contributed by atoms with Crippen LogP contribution < -0.4 is 0 Å². The highest BCUT2D eigenvalue weighted by Crippen LogP contribution is 2.35. The van der Waals surface area contributed by atoms with E-state index in [1.165, 1.54) is 64.2 Å². The summed E-state index contributed by atoms with van der Waals surface area (Å²) in [5.41, 5.74) is 1.02. The summed E-state index contributed by atoms with van der Waals surface area (Å²) in [6, 6.07) is 9.30. The van der Waals surface area contributed by atoms with Gasteiger partial charge in [-0.25, -0.2) is 8.42 Å². The number of sulfone groups is 1. The van der Waals surface area contributed by atoms with Gasteiger partial charge in [-0.15, -0.1) is 0 Å². The van der Waals surface area contributed by atoms with Gasteiger partial charge in [0.05, 0.1) is 11.0 Å². The fourth-order valence-corrected chi connectivity index (χ4v) is 6.55. The van der Waals surface area contributed by atoms with Crippen LogP contribution in [-0.2, 0) is 9.84 Å². The molecule has 0 aromatic heterocycles. The van der Waals surface area contributed by atoms with Gasteiger partial charge in [0.1, 0.15) is 0 Å². The molecular weight excluding hydrogens is 450 g/mol. The first-order chi connectivity index (χ1) is 16.9. The first-order valence-electron chi connectivity index (χ1n) is 14.3. The van der Waals surface area contributed by atoms with E-state index in [1.807, 2.05) is 19.1 Å². The van der Waals surface area contributed by atoms with Crippen molar-refractivity contribution in [2.24, 2.45) is 0 Å². The van der Waals surface area contributed by atoms with Gasteiger partial charge in [0, 0.05) is 0 Å². The van der Waals surface area contributed by atoms with Crippen LogP contribution in [0.25, 0.3) is 0 Å². The zero-order valence-corrected chi connectivity index (χ0v) is 23.7. The van der Waals surface area contributed by atoms with Gasteiger partial charge in [0.25, 0.3) is 0 Å². The molecule has 1 aromatic rings. The Labute approximate surface area is 217 Å². The van der Waals surface area contributed by atoms with E-state index in [-0.39, 0.29) is 4.90 Å². The molecule has 4 heteroatoms. The standard InChI is InChI=1S/C31H51NO2S/c1-4-6-8-10-12-13-14-15-17-19-21-27-31(28-32,26-20-18-16-11-9-7-5-2)35(33,34)30-24-22-29(3)23-25-30/h15,17,22-25H,4-14,16,18-21,26-27H2,1-3H3/b17-15-. The summed E-state index contributed by atoms with van der Waals surface area (Å²) < 4.78 is 26.0. The molecule has 1 rings (SSSR count). The SMILES string of the molecule is CCCCCCCC/C=C\CCCC(C#N)(CCCCCCCCC)S(=O)(=O)c1ccc(C)cc1. The Morgan fingerprint density at radius 1 is 0.714 bits per heavy atom. The maximum absolute atomic E-state index is 13.7. The molecule has 0 heterocycles. The molecule has 35 heavy (non-hydrogen) atoms. The van der Waals surface area contributed by atoms with Crippen LogP contribution in [0.15, 0.2) is 41.3 Å². The first-order valence-corrected chi connectivity index (χ1v) is 15.8. The second-order valence-electron chi connectivity index (χ2n) is 10.2. The summed E-state index contributed by atoms with van der Waals surface area (Å²) in [4.78, 5) is 0.284. The zero-order chi connectivity index (χ0) is 25.8. The van der Waals surface area contributed by atoms with Crippen molar-refractivity contribution < 1.29 is 8.42 Å². The molecule has 0 aliphatic carbocycles. The van der Waals surface area contributed by atoms with Crippen LogP contribution in [0.3, 0.4) is 0 Å². The van der Waals surface area contributed by atoms with Crippen LogP contribution in [-0.4, -0.2) is 13.2 Å². The summed E-state index contributed by atoms with van der Waals surface area (Å²) in [6.07, 6.45) is 23.5. The van der Waals surface area contributed by atoms with Crippen LogP contribution in [0.4, 0.5) is 0 Å². The molecule has 0 saturated carbocycles. The maximum atomic E-state index is 13.7. The molecule has 0 bridgehead atoms. The number of hydrogen-bond donors (Lipinski definition) is 0. The second-order valence-corrected chi connectivity index (χ2v) is 12.5. The van der Waals surface area contributed by atoms with Gasteiger partial charge in [-0.3, -0.25) is 0 Å². The summed E-state index contributed by atoms with van der Waals surface area (Å²) in [7, 11) is -3.73. The van der Waals surface area contributed by atoms with Crippen molar-refractivity contribution in [3.63, 3.8) is 0 Å². The van der Waals surface area contributed by atoms with E-state index in [0.717, 1.165) is 44.1 Å². The number of hydrogen-bond acceptors (Lipinski definition) is 3. The molecule has 0 radical (unpaired) electrons. The highest BCUT2D eigenvalue weighted by Gasteiger charge is 2.44. The number of allylic oxidation sites excluding steroid dienone is 2. The van der Waals surface area contributed by atoms with E-state index in [1.54, 1.807) is 12.1 Å². The van der Waals surface area contributed by atoms with Crippen LogP contribution >= 0.6 is 0 Å². The Morgan fingerprint density at radius 2 is 1.17 bits per heavy atom. The van der Waals surface area contributed by atoms with Crippen molar-refractivity contribution in [1.29, 1.82) is 5.26 Å². The Morgan fingerprint density at radius 3 is 1.71 bits per heavy atom. The highest BCUT2D eigenvalue weighted by atomic mass is 32.2. The molecule has 0 fully saturated rings. The predicted molar refractivity (Wildman–Crippen MR) is 150 cm³/mol. The molecule has 0 spiro atoms. The van der Waals surface area contributed by atoms with Gasteiger partial charge in [0.2, 0.25) is 0 Å². The number of benzene rings is 1. The molecule has 0 aliphatic rings. The van der Waals surface area contributed by atoms with Crippen molar-refractivity contribution in [2.75, 3.05) is 0 Å². The van der Waals surface area contributed by atoms with Gasteiger partial charge in [-0.05, 0) is 57.6 Å². The van der Waals surface area contributed by atoms with E-state index >= 15 is 0 Å². The average molecular weight is 502 g/mol. The monoisotopic (exact) mass is 501 g/mol. The predicted octanol–water partition coefficient (Wildman–Crippen LogP) is 9.65. The van der Waals surface area contributed by atoms with E-state index in [0.29, 0.717) is 12.8 Å². The quantitative estimate of drug-likeness (QED) is 0.124. The number of aryl methyl sites for hydroxylation is 1. The lowest BCUT2D eigenvalue weighted by Crippen LogP contribution is -2.37. The van der Waals surface area contributed by atoms with Gasteiger partial charge in [-0.1, -0.05) is 121 Å². The minimum absolute atomic E-state index is 0.284. The van der Waals surface area contributed by atoms with Crippen LogP contribution in [0.1, 0.15) is 135 Å². The third-order valence-electron chi connectivity index (χ3n) is 7.08. The summed E-state index contributed by atoms with van der Waals surface area (Å²) in [5.74, 6) is 0. The third kappa shape index (κ3) is 11.8. The Kier molecular flexibility index (Phi) is 16.7. The summed E-state index contributed by atoms with van der Waals surface area (Å²) in [5, 5.41) is 10.2. The van der Waals surface area contributed by atoms with E-state index in [9.17, 15) is 13.7 Å². The van der Waals surface area contributed by atoms with Crippen molar-refractivity contribution in [2.45, 2.75) is 146 Å². The highest BCUT2D eigenvalue weighted by molar-refractivity contribution is 7.93.